The Labute approximate surface area is 39.3 Å². The van der Waals surface area contributed by atoms with E-state index in [-0.39, 0.29) is 18.9 Å². The molecule has 0 N–H and O–H groups in total. The molecule has 1 aromatic rings. The molecule has 0 aliphatic carbocycles. The second-order valence-corrected chi connectivity index (χ2v) is 0.635. The first kappa shape index (κ1) is 1.26. The molecule has 0 radical (unpaired) electrons. The summed E-state index contributed by atoms with van der Waals surface area (Å²) in [5.74, 6) is 0. The van der Waals surface area contributed by atoms with Crippen LogP contribution in [0.2, 0.25) is 0 Å². The SMILES string of the molecule is [3H][13c]1[14n][13c]([3H])[14n][13c]([3H])[14n]1. The van der Waals surface area contributed by atoms with Crippen LogP contribution < -0.4 is 0 Å². The van der Waals surface area contributed by atoms with Gasteiger partial charge in [0.2, 0.25) is 0 Å². The molecule has 0 aliphatic rings. The Balaban J connectivity index is 3.17. The smallest absolute Gasteiger partial charge is 0.119 e. The summed E-state index contributed by atoms with van der Waals surface area (Å²) in [5, 5.41) is 0. The average Bonchev–Trinajstić information content (AvgIpc) is 1.59. The van der Waals surface area contributed by atoms with E-state index in [0.29, 0.717) is 0 Å². The minimum Gasteiger partial charge on any atom is -0.225 e. The largest absolute Gasteiger partial charge is 0.225 e. The highest BCUT2D eigenvalue weighted by Crippen LogP contribution is 1.57. The summed E-state index contributed by atoms with van der Waals surface area (Å²) in [6, 6.07) is 0. The van der Waals surface area contributed by atoms with Gasteiger partial charge in [-0.2, -0.15) is 0 Å². The van der Waals surface area contributed by atoms with Crippen molar-refractivity contribution in [2.24, 2.45) is 0 Å². The van der Waals surface area contributed by atoms with Crippen LogP contribution in [0.1, 0.15) is 4.11 Å². The predicted octanol–water partition coefficient (Wildman–Crippen LogP) is -0.128. The average molecular weight is 90.1 g/mol. The second-order valence-electron chi connectivity index (χ2n) is 0.635. The van der Waals surface area contributed by atoms with Crippen molar-refractivity contribution in [1.29, 1.82) is 0 Å². The molecule has 0 aliphatic heterocycles. The lowest BCUT2D eigenvalue weighted by Gasteiger charge is -1.69. The third-order valence-corrected chi connectivity index (χ3v) is 0.300. The maximum absolute atomic E-state index is 6.77. The quantitative estimate of drug-likeness (QED) is 0.445. The van der Waals surface area contributed by atoms with Crippen LogP contribution in [0.3, 0.4) is 0 Å². The summed E-state index contributed by atoms with van der Waals surface area (Å²) < 4.78 is 20.3. The van der Waals surface area contributed by atoms with E-state index in [2.05, 4.69) is 15.0 Å². The maximum atomic E-state index is 6.77. The number of hydrogen-bond acceptors (Lipinski definition) is 3. The normalized spacial score (nSPS) is 15.0. The fraction of sp³-hybridized carbons (Fsp3) is 0. The van der Waals surface area contributed by atoms with E-state index in [1.807, 2.05) is 0 Å². The summed E-state index contributed by atoms with van der Waals surface area (Å²) in [6.07, 6.45) is -1.000. The van der Waals surface area contributed by atoms with E-state index in [9.17, 15) is 0 Å². The van der Waals surface area contributed by atoms with E-state index in [1.165, 1.54) is 0 Å². The van der Waals surface area contributed by atoms with E-state index in [4.69, 9.17) is 4.11 Å². The van der Waals surface area contributed by atoms with Crippen LogP contribution in [0.25, 0.3) is 0 Å². The van der Waals surface area contributed by atoms with Gasteiger partial charge in [-0.25, -0.2) is 15.0 Å². The zero-order valence-electron chi connectivity index (χ0n) is 5.84. The molecule has 0 amide bonds. The maximum Gasteiger partial charge on any atom is 0.119 e. The Morgan fingerprint density at radius 2 is 1.33 bits per heavy atom. The molecule has 0 spiro atoms. The molecule has 6 heavy (non-hydrogen) atoms. The van der Waals surface area contributed by atoms with E-state index < -0.39 is 0 Å². The molecular formula is C3H3N3. The number of hydrogen-bond donors (Lipinski definition) is 0. The molecule has 3 heteroatoms. The fourth-order valence-electron chi connectivity index (χ4n) is 0.142. The highest BCUT2D eigenvalue weighted by molar-refractivity contribution is 4.51. The fourth-order valence-corrected chi connectivity index (χ4v) is 0.142. The van der Waals surface area contributed by atoms with Crippen molar-refractivity contribution < 1.29 is 4.11 Å². The minimum absolute atomic E-state index is 0.333. The monoisotopic (exact) mass is 90.1 g/mol. The van der Waals surface area contributed by atoms with E-state index in [0.717, 1.165) is 0 Å². The summed E-state index contributed by atoms with van der Waals surface area (Å²) in [7, 11) is 0. The van der Waals surface area contributed by atoms with Gasteiger partial charge in [-0.05, 0) is 0 Å². The topological polar surface area (TPSA) is 38.7 Å². The van der Waals surface area contributed by atoms with E-state index >= 15 is 0 Å². The van der Waals surface area contributed by atoms with Crippen LogP contribution in [0, 0.1) is 0 Å². The lowest BCUT2D eigenvalue weighted by atomic mass is 11.8. The zero-order chi connectivity index (χ0) is 6.85. The molecule has 0 fully saturated rings. The number of nitrogens with zero attached hydrogens (tertiary/aromatic N) is 3. The Morgan fingerprint density at radius 3 is 1.67 bits per heavy atom. The van der Waals surface area contributed by atoms with Crippen molar-refractivity contribution in [3.05, 3.63) is 18.9 Å². The van der Waals surface area contributed by atoms with Gasteiger partial charge in [-0.3, -0.25) is 0 Å². The summed E-state index contributed by atoms with van der Waals surface area (Å²) in [5.41, 5.74) is 0. The predicted molar refractivity (Wildman–Crippen MR) is 19.8 cm³/mol. The minimum atomic E-state index is -0.333. The highest BCUT2D eigenvalue weighted by atomic mass is 15.2. The molecule has 0 saturated carbocycles. The molecule has 0 saturated heterocycles. The lowest BCUT2D eigenvalue weighted by molar-refractivity contribution is 1.05. The van der Waals surface area contributed by atoms with Crippen molar-refractivity contribution >= 4 is 0 Å². The van der Waals surface area contributed by atoms with Crippen LogP contribution in [0.5, 0.6) is 0 Å². The van der Waals surface area contributed by atoms with E-state index in [1.54, 1.807) is 0 Å². The molecule has 1 heterocycles. The Morgan fingerprint density at radius 1 is 1.00 bits per heavy atom. The van der Waals surface area contributed by atoms with Gasteiger partial charge in [0, 0.05) is 0 Å². The van der Waals surface area contributed by atoms with Crippen LogP contribution >= 0.6 is 0 Å². The summed E-state index contributed by atoms with van der Waals surface area (Å²) >= 11 is 0. The summed E-state index contributed by atoms with van der Waals surface area (Å²) in [6.45, 7) is 0. The first-order chi connectivity index (χ1) is 4.18. The Bertz CT molecular complexity index is 175. The number of rotatable bonds is 0. The van der Waals surface area contributed by atoms with Gasteiger partial charge >= 0.3 is 0 Å². The molecule has 0 atom stereocenters. The van der Waals surface area contributed by atoms with Crippen molar-refractivity contribution in [2.75, 3.05) is 0 Å². The standard InChI is InChI=1S/C3H3N3/c1-4-2-6-3-5-1/h1-3H/i1+1T,2+1T,3+1T,4+0,5+0,6+0. The van der Waals surface area contributed by atoms with Crippen molar-refractivity contribution in [3.8, 4) is 0 Å². The van der Waals surface area contributed by atoms with Gasteiger partial charge in [0.15, 0.2) is 0 Å². The third kappa shape index (κ3) is 0.484. The van der Waals surface area contributed by atoms with Crippen molar-refractivity contribution in [2.45, 2.75) is 0 Å². The first-order valence-electron chi connectivity index (χ1n) is 2.84. The summed E-state index contributed by atoms with van der Waals surface area (Å²) in [4.78, 5) is 9.68. The van der Waals surface area contributed by atoms with Crippen LogP contribution in [0.4, 0.5) is 0 Å². The van der Waals surface area contributed by atoms with Gasteiger partial charge in [-0.1, -0.05) is 0 Å². The molecule has 1 aromatic heterocycles. The molecule has 0 bridgehead atoms. The van der Waals surface area contributed by atoms with Crippen LogP contribution in [-0.4, -0.2) is 15.0 Å². The van der Waals surface area contributed by atoms with Gasteiger partial charge in [0.25, 0.3) is 0 Å². The van der Waals surface area contributed by atoms with Gasteiger partial charge in [-0.15, -0.1) is 0 Å². The Kier molecular flexibility index (Phi) is 0.303. The molecule has 3 nitrogen and oxygen atoms in total. The molecule has 0 unspecified atom stereocenters. The lowest BCUT2D eigenvalue weighted by Crippen LogP contribution is -1.73. The van der Waals surface area contributed by atoms with Crippen molar-refractivity contribution in [3.63, 3.8) is 0 Å². The highest BCUT2D eigenvalue weighted by Gasteiger charge is 1.59. The second kappa shape index (κ2) is 1.45. The first-order valence-corrected chi connectivity index (χ1v) is 1.34. The van der Waals surface area contributed by atoms with Gasteiger partial charge < -0.3 is 0 Å². The molecule has 1 rings (SSSR count). The van der Waals surface area contributed by atoms with Crippen molar-refractivity contribution in [1.82, 2.24) is 15.0 Å². The van der Waals surface area contributed by atoms with Crippen LogP contribution in [-0.2, 0) is 0 Å². The molecular weight excluding hydrogens is 81.0 g/mol. The third-order valence-electron chi connectivity index (χ3n) is 0.300. The van der Waals surface area contributed by atoms with Gasteiger partial charge in [0.1, 0.15) is 23.0 Å². The van der Waals surface area contributed by atoms with Gasteiger partial charge in [0.05, 0.1) is 0 Å². The molecule has 0 aromatic carbocycles. The number of aromatic nitrogens is 3. The van der Waals surface area contributed by atoms with Crippen LogP contribution in [0.15, 0.2) is 18.9 Å². The Hall–Kier alpha value is -0.990. The zero-order valence-corrected chi connectivity index (χ0v) is 2.84. The molecule has 30 valence electrons.